The normalized spacial score (nSPS) is 21.4. The standard InChI is InChI=1S/C35H60O2/c1-10-34(8,9)30(25-32(2,3)4)27-19-21-29(22-20-27)36-31(37-33(5,6)7)26-35(23-15-12-16-24-35)28-17-13-11-14-18-28/h19-22,28,30-31H,10-18,23-26H2,1-9H3. The Morgan fingerprint density at radius 3 is 1.89 bits per heavy atom. The van der Waals surface area contributed by atoms with Crippen LogP contribution in [0.3, 0.4) is 0 Å². The monoisotopic (exact) mass is 512 g/mol. The van der Waals surface area contributed by atoms with Crippen molar-refractivity contribution in [1.82, 2.24) is 0 Å². The minimum atomic E-state index is -0.226. The molecule has 0 heterocycles. The van der Waals surface area contributed by atoms with Gasteiger partial charge < -0.3 is 9.47 Å². The first-order valence-corrected chi connectivity index (χ1v) is 15.7. The highest BCUT2D eigenvalue weighted by Crippen LogP contribution is 2.52. The molecule has 0 amide bonds. The van der Waals surface area contributed by atoms with Crippen molar-refractivity contribution >= 4 is 0 Å². The van der Waals surface area contributed by atoms with Crippen LogP contribution in [0.5, 0.6) is 5.75 Å². The zero-order valence-corrected chi connectivity index (χ0v) is 26.1. The smallest absolute Gasteiger partial charge is 0.200 e. The largest absolute Gasteiger partial charge is 0.465 e. The lowest BCUT2D eigenvalue weighted by Crippen LogP contribution is -2.42. The first-order chi connectivity index (χ1) is 17.2. The molecule has 2 heteroatoms. The van der Waals surface area contributed by atoms with Gasteiger partial charge in [0.05, 0.1) is 5.60 Å². The molecule has 2 atom stereocenters. The van der Waals surface area contributed by atoms with Crippen LogP contribution < -0.4 is 4.74 Å². The predicted molar refractivity (Wildman–Crippen MR) is 159 cm³/mol. The van der Waals surface area contributed by atoms with E-state index >= 15 is 0 Å². The van der Waals surface area contributed by atoms with Crippen LogP contribution in [-0.4, -0.2) is 11.9 Å². The molecule has 0 spiro atoms. The Labute approximate surface area is 230 Å². The van der Waals surface area contributed by atoms with Gasteiger partial charge in [-0.25, -0.2) is 0 Å². The minimum Gasteiger partial charge on any atom is -0.465 e. The van der Waals surface area contributed by atoms with Crippen molar-refractivity contribution in [3.8, 4) is 5.75 Å². The van der Waals surface area contributed by atoms with Crippen LogP contribution in [0.1, 0.15) is 157 Å². The number of rotatable bonds is 10. The average Bonchev–Trinajstić information content (AvgIpc) is 2.82. The van der Waals surface area contributed by atoms with E-state index in [9.17, 15) is 0 Å². The topological polar surface area (TPSA) is 18.5 Å². The summed E-state index contributed by atoms with van der Waals surface area (Å²) < 4.78 is 13.4. The first kappa shape index (κ1) is 30.5. The van der Waals surface area contributed by atoms with Gasteiger partial charge in [0.15, 0.2) is 0 Å². The number of hydrogen-bond donors (Lipinski definition) is 0. The van der Waals surface area contributed by atoms with Crippen LogP contribution in [0.4, 0.5) is 0 Å². The zero-order chi connectivity index (χ0) is 27.3. The van der Waals surface area contributed by atoms with Crippen LogP contribution in [0.25, 0.3) is 0 Å². The van der Waals surface area contributed by atoms with E-state index in [1.165, 1.54) is 82.6 Å². The van der Waals surface area contributed by atoms with Gasteiger partial charge in [0.25, 0.3) is 0 Å². The Hall–Kier alpha value is -1.02. The van der Waals surface area contributed by atoms with Crippen molar-refractivity contribution in [3.63, 3.8) is 0 Å². The first-order valence-electron chi connectivity index (χ1n) is 15.7. The van der Waals surface area contributed by atoms with E-state index in [1.807, 2.05) is 0 Å². The van der Waals surface area contributed by atoms with Gasteiger partial charge in [0.1, 0.15) is 5.75 Å². The molecule has 212 valence electrons. The molecule has 0 aromatic heterocycles. The molecule has 0 saturated heterocycles. The highest BCUT2D eigenvalue weighted by atomic mass is 16.7. The van der Waals surface area contributed by atoms with Crippen molar-refractivity contribution in [2.24, 2.45) is 22.2 Å². The van der Waals surface area contributed by atoms with E-state index in [4.69, 9.17) is 9.47 Å². The lowest BCUT2D eigenvalue weighted by molar-refractivity contribution is -0.176. The fraction of sp³-hybridized carbons (Fsp3) is 0.829. The van der Waals surface area contributed by atoms with Crippen molar-refractivity contribution < 1.29 is 9.47 Å². The molecule has 0 N–H and O–H groups in total. The summed E-state index contributed by atoms with van der Waals surface area (Å²) in [5.74, 6) is 2.33. The molecule has 1 aromatic rings. The van der Waals surface area contributed by atoms with Crippen molar-refractivity contribution in [1.29, 1.82) is 0 Å². The summed E-state index contributed by atoms with van der Waals surface area (Å²) in [7, 11) is 0. The molecule has 2 nitrogen and oxygen atoms in total. The quantitative estimate of drug-likeness (QED) is 0.290. The van der Waals surface area contributed by atoms with Gasteiger partial charge in [0, 0.05) is 6.42 Å². The summed E-state index contributed by atoms with van der Waals surface area (Å²) in [6.45, 7) is 20.8. The van der Waals surface area contributed by atoms with Crippen molar-refractivity contribution in [3.05, 3.63) is 29.8 Å². The van der Waals surface area contributed by atoms with E-state index in [2.05, 4.69) is 86.6 Å². The molecule has 2 aliphatic rings. The van der Waals surface area contributed by atoms with Crippen molar-refractivity contribution in [2.75, 3.05) is 0 Å². The fourth-order valence-corrected chi connectivity index (χ4v) is 7.22. The highest BCUT2D eigenvalue weighted by Gasteiger charge is 2.43. The fourth-order valence-electron chi connectivity index (χ4n) is 7.22. The molecular formula is C35H60O2. The maximum absolute atomic E-state index is 6.73. The molecule has 0 radical (unpaired) electrons. The van der Waals surface area contributed by atoms with Gasteiger partial charge in [-0.2, -0.15) is 0 Å². The third-order valence-electron chi connectivity index (χ3n) is 9.60. The molecule has 2 unspecified atom stereocenters. The van der Waals surface area contributed by atoms with Gasteiger partial charge >= 0.3 is 0 Å². The lowest BCUT2D eigenvalue weighted by Gasteiger charge is -2.47. The number of benzene rings is 1. The van der Waals surface area contributed by atoms with Gasteiger partial charge in [-0.3, -0.25) is 0 Å². The molecule has 37 heavy (non-hydrogen) atoms. The SMILES string of the molecule is CCC(C)(C)C(CC(C)(C)C)c1ccc(OC(CC2(C3CCCCC3)CCCCC2)OC(C)(C)C)cc1. The molecule has 2 saturated carbocycles. The predicted octanol–water partition coefficient (Wildman–Crippen LogP) is 11.1. The van der Waals surface area contributed by atoms with E-state index < -0.39 is 0 Å². The summed E-state index contributed by atoms with van der Waals surface area (Å²) in [5.41, 5.74) is 2.16. The van der Waals surface area contributed by atoms with E-state index in [1.54, 1.807) is 0 Å². The van der Waals surface area contributed by atoms with E-state index in [0.717, 1.165) is 18.1 Å². The third-order valence-corrected chi connectivity index (χ3v) is 9.60. The molecule has 0 aliphatic heterocycles. The van der Waals surface area contributed by atoms with E-state index in [-0.39, 0.29) is 17.3 Å². The molecular weight excluding hydrogens is 452 g/mol. The van der Waals surface area contributed by atoms with Crippen LogP contribution >= 0.6 is 0 Å². The summed E-state index contributed by atoms with van der Waals surface area (Å²) in [5, 5.41) is 0. The van der Waals surface area contributed by atoms with Gasteiger partial charge in [-0.15, -0.1) is 0 Å². The van der Waals surface area contributed by atoms with Crippen LogP contribution in [-0.2, 0) is 4.74 Å². The minimum absolute atomic E-state index is 0.191. The maximum Gasteiger partial charge on any atom is 0.200 e. The Balaban J connectivity index is 1.82. The van der Waals surface area contributed by atoms with Gasteiger partial charge in [-0.1, -0.05) is 98.6 Å². The Bertz CT molecular complexity index is 795. The van der Waals surface area contributed by atoms with E-state index in [0.29, 0.717) is 16.7 Å². The Morgan fingerprint density at radius 2 is 1.38 bits per heavy atom. The summed E-state index contributed by atoms with van der Waals surface area (Å²) >= 11 is 0. The van der Waals surface area contributed by atoms with Crippen LogP contribution in [0.2, 0.25) is 0 Å². The third kappa shape index (κ3) is 9.01. The summed E-state index contributed by atoms with van der Waals surface area (Å²) in [4.78, 5) is 0. The summed E-state index contributed by atoms with van der Waals surface area (Å²) in [6, 6.07) is 9.08. The van der Waals surface area contributed by atoms with Gasteiger partial charge in [-0.05, 0) is 98.7 Å². The highest BCUT2D eigenvalue weighted by molar-refractivity contribution is 5.31. The molecule has 2 fully saturated rings. The number of hydrogen-bond acceptors (Lipinski definition) is 2. The zero-order valence-electron chi connectivity index (χ0n) is 26.1. The van der Waals surface area contributed by atoms with Crippen molar-refractivity contribution in [2.45, 2.75) is 164 Å². The lowest BCUT2D eigenvalue weighted by atomic mass is 9.60. The molecule has 3 rings (SSSR count). The molecule has 1 aromatic carbocycles. The van der Waals surface area contributed by atoms with Crippen LogP contribution in [0, 0.1) is 22.2 Å². The second-order valence-electron chi connectivity index (χ2n) is 15.5. The molecule has 0 bridgehead atoms. The second-order valence-corrected chi connectivity index (χ2v) is 15.5. The Kier molecular flexibility index (Phi) is 10.3. The number of ether oxygens (including phenoxy) is 2. The Morgan fingerprint density at radius 1 is 0.811 bits per heavy atom. The van der Waals surface area contributed by atoms with Gasteiger partial charge in [0.2, 0.25) is 6.29 Å². The summed E-state index contributed by atoms with van der Waals surface area (Å²) in [6.07, 6.45) is 17.1. The maximum atomic E-state index is 6.73. The molecule has 2 aliphatic carbocycles. The average molecular weight is 513 g/mol. The second kappa shape index (κ2) is 12.4. The van der Waals surface area contributed by atoms with Crippen LogP contribution in [0.15, 0.2) is 24.3 Å².